The third kappa shape index (κ3) is 3.78. The van der Waals surface area contributed by atoms with E-state index in [4.69, 9.17) is 4.84 Å². The normalized spacial score (nSPS) is 12.3. The monoisotopic (exact) mass is 354 g/mol. The van der Waals surface area contributed by atoms with Crippen molar-refractivity contribution in [3.63, 3.8) is 0 Å². The third-order valence-corrected chi connectivity index (χ3v) is 5.42. The van der Waals surface area contributed by atoms with Crippen LogP contribution in [0.2, 0.25) is 0 Å². The zero-order valence-electron chi connectivity index (χ0n) is 14.8. The zero-order chi connectivity index (χ0) is 17.8. The SMILES string of the molecule is CCCCc1cccc2c1C=Nc1cc(C(=O)N(C)OC)ccc1S2. The number of rotatable bonds is 5. The highest BCUT2D eigenvalue weighted by Gasteiger charge is 2.17. The fourth-order valence-electron chi connectivity index (χ4n) is 2.77. The van der Waals surface area contributed by atoms with Crippen molar-refractivity contribution < 1.29 is 9.63 Å². The molecule has 1 aliphatic heterocycles. The summed E-state index contributed by atoms with van der Waals surface area (Å²) in [6.07, 6.45) is 5.34. The van der Waals surface area contributed by atoms with Gasteiger partial charge in [-0.2, -0.15) is 0 Å². The number of carbonyl (C=O) groups is 1. The van der Waals surface area contributed by atoms with Crippen molar-refractivity contribution in [3.05, 3.63) is 53.1 Å². The Hall–Kier alpha value is -2.11. The first-order chi connectivity index (χ1) is 12.1. The minimum Gasteiger partial charge on any atom is -0.274 e. The Morgan fingerprint density at radius 3 is 2.84 bits per heavy atom. The molecule has 1 heterocycles. The standard InChI is InChI=1S/C20H22N2O2S/c1-4-5-7-14-8-6-9-18-16(14)13-21-17-12-15(10-11-19(17)25-18)20(23)22(2)24-3/h6,8-13H,4-5,7H2,1-3H3. The predicted octanol–water partition coefficient (Wildman–Crippen LogP) is 4.88. The second kappa shape index (κ2) is 7.85. The van der Waals surface area contributed by atoms with Crippen LogP contribution in [0.25, 0.3) is 0 Å². The summed E-state index contributed by atoms with van der Waals surface area (Å²) in [5.41, 5.74) is 3.91. The van der Waals surface area contributed by atoms with Gasteiger partial charge in [-0.05, 0) is 42.7 Å². The molecule has 2 aromatic rings. The maximum atomic E-state index is 12.3. The molecule has 0 spiro atoms. The van der Waals surface area contributed by atoms with Gasteiger partial charge in [-0.3, -0.25) is 14.6 Å². The van der Waals surface area contributed by atoms with Crippen LogP contribution in [0.1, 0.15) is 41.3 Å². The van der Waals surface area contributed by atoms with Crippen LogP contribution in [-0.2, 0) is 11.3 Å². The number of carbonyl (C=O) groups excluding carboxylic acids is 1. The number of aliphatic imine (C=N–C) groups is 1. The van der Waals surface area contributed by atoms with Crippen LogP contribution >= 0.6 is 11.8 Å². The van der Waals surface area contributed by atoms with Gasteiger partial charge < -0.3 is 0 Å². The molecular weight excluding hydrogens is 332 g/mol. The smallest absolute Gasteiger partial charge is 0.274 e. The number of hydroxylamine groups is 2. The van der Waals surface area contributed by atoms with Gasteiger partial charge in [0.05, 0.1) is 12.8 Å². The molecule has 0 bridgehead atoms. The van der Waals surface area contributed by atoms with Crippen molar-refractivity contribution >= 4 is 29.6 Å². The van der Waals surface area contributed by atoms with Crippen LogP contribution in [0.15, 0.2) is 51.2 Å². The molecule has 3 rings (SSSR count). The van der Waals surface area contributed by atoms with E-state index in [1.165, 1.54) is 41.0 Å². The summed E-state index contributed by atoms with van der Waals surface area (Å²) >= 11 is 1.70. The van der Waals surface area contributed by atoms with E-state index in [-0.39, 0.29) is 5.91 Å². The Balaban J connectivity index is 1.96. The largest absolute Gasteiger partial charge is 0.277 e. The number of hydrogen-bond donors (Lipinski definition) is 0. The maximum absolute atomic E-state index is 12.3. The average Bonchev–Trinajstić information content (AvgIpc) is 2.83. The summed E-state index contributed by atoms with van der Waals surface area (Å²) < 4.78 is 0. The molecule has 130 valence electrons. The highest BCUT2D eigenvalue weighted by molar-refractivity contribution is 7.99. The minimum atomic E-state index is -0.184. The van der Waals surface area contributed by atoms with Crippen molar-refractivity contribution in [2.45, 2.75) is 36.0 Å². The first-order valence-electron chi connectivity index (χ1n) is 8.44. The molecule has 1 amide bonds. The quantitative estimate of drug-likeness (QED) is 0.613. The van der Waals surface area contributed by atoms with E-state index >= 15 is 0 Å². The van der Waals surface area contributed by atoms with E-state index in [0.717, 1.165) is 17.0 Å². The first-order valence-corrected chi connectivity index (χ1v) is 9.25. The molecule has 0 fully saturated rings. The Morgan fingerprint density at radius 1 is 1.24 bits per heavy atom. The Morgan fingerprint density at radius 2 is 2.08 bits per heavy atom. The lowest BCUT2D eigenvalue weighted by atomic mass is 10.0. The van der Waals surface area contributed by atoms with Crippen molar-refractivity contribution in [2.75, 3.05) is 14.2 Å². The van der Waals surface area contributed by atoms with Crippen molar-refractivity contribution in [2.24, 2.45) is 4.99 Å². The number of unbranched alkanes of at least 4 members (excludes halogenated alkanes) is 1. The molecule has 1 aliphatic rings. The number of amides is 1. The van der Waals surface area contributed by atoms with Gasteiger partial charge in [-0.25, -0.2) is 5.06 Å². The fraction of sp³-hybridized carbons (Fsp3) is 0.300. The second-order valence-corrected chi connectivity index (χ2v) is 7.04. The summed E-state index contributed by atoms with van der Waals surface area (Å²) in [4.78, 5) is 24.2. The third-order valence-electron chi connectivity index (χ3n) is 4.27. The van der Waals surface area contributed by atoms with Crippen LogP contribution in [0.3, 0.4) is 0 Å². The van der Waals surface area contributed by atoms with Crippen molar-refractivity contribution in [1.29, 1.82) is 0 Å². The number of fused-ring (bicyclic) bond motifs is 2. The average molecular weight is 354 g/mol. The van der Waals surface area contributed by atoms with Gasteiger partial charge in [0.15, 0.2) is 0 Å². The number of hydrogen-bond acceptors (Lipinski definition) is 4. The van der Waals surface area contributed by atoms with Gasteiger partial charge in [-0.15, -0.1) is 0 Å². The number of nitrogens with zero attached hydrogens (tertiary/aromatic N) is 2. The fourth-order valence-corrected chi connectivity index (χ4v) is 3.79. The number of benzene rings is 2. The molecule has 0 atom stereocenters. The van der Waals surface area contributed by atoms with E-state index < -0.39 is 0 Å². The molecule has 0 saturated carbocycles. The summed E-state index contributed by atoms with van der Waals surface area (Å²) in [6, 6.07) is 12.0. The van der Waals surface area contributed by atoms with Crippen LogP contribution in [-0.4, -0.2) is 31.3 Å². The minimum absolute atomic E-state index is 0.184. The molecule has 0 radical (unpaired) electrons. The summed E-state index contributed by atoms with van der Waals surface area (Å²) in [7, 11) is 3.08. The van der Waals surface area contributed by atoms with Gasteiger partial charge in [-0.1, -0.05) is 37.2 Å². The molecular formula is C20H22N2O2S. The van der Waals surface area contributed by atoms with Crippen LogP contribution in [0.5, 0.6) is 0 Å². The first kappa shape index (κ1) is 17.7. The van der Waals surface area contributed by atoms with E-state index in [1.54, 1.807) is 18.8 Å². The maximum Gasteiger partial charge on any atom is 0.277 e. The lowest BCUT2D eigenvalue weighted by Gasteiger charge is -2.14. The molecule has 0 N–H and O–H groups in total. The van der Waals surface area contributed by atoms with Crippen molar-refractivity contribution in [1.82, 2.24) is 5.06 Å². The molecule has 2 aromatic carbocycles. The van der Waals surface area contributed by atoms with Gasteiger partial charge >= 0.3 is 0 Å². The Labute approximate surface area is 152 Å². The van der Waals surface area contributed by atoms with Gasteiger partial charge in [0, 0.05) is 34.2 Å². The van der Waals surface area contributed by atoms with Crippen LogP contribution < -0.4 is 0 Å². The van der Waals surface area contributed by atoms with Crippen molar-refractivity contribution in [3.8, 4) is 0 Å². The van der Waals surface area contributed by atoms with Gasteiger partial charge in [0.1, 0.15) is 0 Å². The van der Waals surface area contributed by atoms with E-state index in [2.05, 4.69) is 30.1 Å². The van der Waals surface area contributed by atoms with E-state index in [1.807, 2.05) is 24.4 Å². The molecule has 5 heteroatoms. The summed E-state index contributed by atoms with van der Waals surface area (Å²) in [6.45, 7) is 2.20. The molecule has 0 aromatic heterocycles. The number of aryl methyl sites for hydroxylation is 1. The Bertz CT molecular complexity index is 817. The second-order valence-electron chi connectivity index (χ2n) is 5.96. The summed E-state index contributed by atoms with van der Waals surface area (Å²) in [5.74, 6) is -0.184. The van der Waals surface area contributed by atoms with E-state index in [0.29, 0.717) is 5.56 Å². The van der Waals surface area contributed by atoms with E-state index in [9.17, 15) is 4.79 Å². The predicted molar refractivity (Wildman–Crippen MR) is 102 cm³/mol. The van der Waals surface area contributed by atoms with Gasteiger partial charge in [0.2, 0.25) is 0 Å². The molecule has 4 nitrogen and oxygen atoms in total. The molecule has 0 unspecified atom stereocenters. The van der Waals surface area contributed by atoms with Crippen LogP contribution in [0.4, 0.5) is 5.69 Å². The summed E-state index contributed by atoms with van der Waals surface area (Å²) in [5, 5.41) is 1.22. The van der Waals surface area contributed by atoms with Crippen LogP contribution in [0, 0.1) is 0 Å². The highest BCUT2D eigenvalue weighted by atomic mass is 32.2. The highest BCUT2D eigenvalue weighted by Crippen LogP contribution is 2.40. The van der Waals surface area contributed by atoms with Gasteiger partial charge in [0.25, 0.3) is 5.91 Å². The molecule has 25 heavy (non-hydrogen) atoms. The Kier molecular flexibility index (Phi) is 5.56. The molecule has 0 aliphatic carbocycles. The topological polar surface area (TPSA) is 41.9 Å². The molecule has 0 saturated heterocycles. The lowest BCUT2D eigenvalue weighted by Crippen LogP contribution is -2.25. The zero-order valence-corrected chi connectivity index (χ0v) is 15.6. The lowest BCUT2D eigenvalue weighted by molar-refractivity contribution is -0.0756.